The Morgan fingerprint density at radius 1 is 1.43 bits per heavy atom. The van der Waals surface area contributed by atoms with E-state index in [9.17, 15) is 18.0 Å². The van der Waals surface area contributed by atoms with Crippen molar-refractivity contribution in [2.75, 3.05) is 25.0 Å². The molecule has 1 N–H and O–H groups in total. The number of carbonyl (C=O) groups is 1. The maximum Gasteiger partial charge on any atom is 0.416 e. The first-order valence-electron chi connectivity index (χ1n) is 7.64. The first-order chi connectivity index (χ1) is 10.8. The molecule has 1 unspecified atom stereocenters. The lowest BCUT2D eigenvalue weighted by molar-refractivity contribution is -0.137. The molecular formula is C16H20ClF3N2O. The molecule has 23 heavy (non-hydrogen) atoms. The molecule has 0 aromatic heterocycles. The number of nitrogens with one attached hydrogen (secondary N) is 1. The third kappa shape index (κ3) is 5.39. The molecule has 1 saturated heterocycles. The fraction of sp³-hybridized carbons (Fsp3) is 0.562. The van der Waals surface area contributed by atoms with Gasteiger partial charge in [-0.05, 0) is 43.5 Å². The molecule has 1 aromatic carbocycles. The van der Waals surface area contributed by atoms with Crippen LogP contribution in [0.15, 0.2) is 18.2 Å². The van der Waals surface area contributed by atoms with Crippen LogP contribution in [0.4, 0.5) is 18.9 Å². The quantitative estimate of drug-likeness (QED) is 0.873. The molecule has 1 heterocycles. The standard InChI is InChI=1S/C16H20ClF3N2O/c1-11-3-2-7-22(10-11)8-6-15(23)21-14-9-12(16(18,19)20)4-5-13(14)17/h4-5,9,11H,2-3,6-8,10H2,1H3,(H,21,23). The van der Waals surface area contributed by atoms with E-state index in [4.69, 9.17) is 11.6 Å². The largest absolute Gasteiger partial charge is 0.416 e. The van der Waals surface area contributed by atoms with Gasteiger partial charge >= 0.3 is 6.18 Å². The number of hydrogen-bond donors (Lipinski definition) is 1. The number of anilines is 1. The Hall–Kier alpha value is -1.27. The molecule has 1 atom stereocenters. The third-order valence-electron chi connectivity index (χ3n) is 3.96. The van der Waals surface area contributed by atoms with Gasteiger partial charge in [0.15, 0.2) is 0 Å². The zero-order valence-electron chi connectivity index (χ0n) is 12.9. The average molecular weight is 349 g/mol. The Morgan fingerprint density at radius 2 is 2.17 bits per heavy atom. The maximum atomic E-state index is 12.7. The number of rotatable bonds is 4. The summed E-state index contributed by atoms with van der Waals surface area (Å²) in [6.07, 6.45) is -1.92. The Balaban J connectivity index is 1.92. The van der Waals surface area contributed by atoms with Crippen LogP contribution in [0.2, 0.25) is 5.02 Å². The van der Waals surface area contributed by atoms with Gasteiger partial charge in [0, 0.05) is 19.5 Å². The molecular weight excluding hydrogens is 329 g/mol. The minimum atomic E-state index is -4.46. The molecule has 0 spiro atoms. The normalized spacial score (nSPS) is 19.6. The molecule has 1 aliphatic heterocycles. The lowest BCUT2D eigenvalue weighted by Crippen LogP contribution is -2.36. The van der Waals surface area contributed by atoms with Gasteiger partial charge < -0.3 is 10.2 Å². The fourth-order valence-electron chi connectivity index (χ4n) is 2.76. The van der Waals surface area contributed by atoms with Gasteiger partial charge in [0.05, 0.1) is 16.3 Å². The average Bonchev–Trinajstić information content (AvgIpc) is 2.46. The molecule has 1 amide bonds. The van der Waals surface area contributed by atoms with Gasteiger partial charge in [-0.2, -0.15) is 13.2 Å². The smallest absolute Gasteiger partial charge is 0.325 e. The van der Waals surface area contributed by atoms with Crippen LogP contribution in [-0.4, -0.2) is 30.4 Å². The van der Waals surface area contributed by atoms with Crippen LogP contribution in [0.25, 0.3) is 0 Å². The van der Waals surface area contributed by atoms with Crippen LogP contribution >= 0.6 is 11.6 Å². The van der Waals surface area contributed by atoms with E-state index in [1.165, 1.54) is 6.42 Å². The van der Waals surface area contributed by atoms with Crippen molar-refractivity contribution >= 4 is 23.2 Å². The van der Waals surface area contributed by atoms with Gasteiger partial charge in [-0.1, -0.05) is 18.5 Å². The van der Waals surface area contributed by atoms with Crippen LogP contribution in [0.5, 0.6) is 0 Å². The summed E-state index contributed by atoms with van der Waals surface area (Å²) in [6.45, 7) is 4.70. The van der Waals surface area contributed by atoms with Gasteiger partial charge in [0.25, 0.3) is 0 Å². The molecule has 1 aromatic rings. The van der Waals surface area contributed by atoms with E-state index in [-0.39, 0.29) is 23.0 Å². The summed E-state index contributed by atoms with van der Waals surface area (Å²) in [5, 5.41) is 2.57. The van der Waals surface area contributed by atoms with Crippen molar-refractivity contribution < 1.29 is 18.0 Å². The second-order valence-electron chi connectivity index (χ2n) is 6.04. The van der Waals surface area contributed by atoms with E-state index in [0.717, 1.165) is 37.7 Å². The molecule has 0 radical (unpaired) electrons. The number of halogens is 4. The number of likely N-dealkylation sites (tertiary alicyclic amines) is 1. The van der Waals surface area contributed by atoms with Crippen molar-refractivity contribution in [1.29, 1.82) is 0 Å². The minimum absolute atomic E-state index is 0.00139. The van der Waals surface area contributed by atoms with Crippen molar-refractivity contribution in [3.8, 4) is 0 Å². The zero-order valence-corrected chi connectivity index (χ0v) is 13.7. The second kappa shape index (κ2) is 7.53. The molecule has 7 heteroatoms. The molecule has 1 aliphatic rings. The van der Waals surface area contributed by atoms with Crippen molar-refractivity contribution in [1.82, 2.24) is 4.90 Å². The number of benzene rings is 1. The topological polar surface area (TPSA) is 32.3 Å². The third-order valence-corrected chi connectivity index (χ3v) is 4.29. The van der Waals surface area contributed by atoms with E-state index in [0.29, 0.717) is 12.5 Å². The predicted octanol–water partition coefficient (Wildman–Crippen LogP) is 4.42. The van der Waals surface area contributed by atoms with Gasteiger partial charge in [0.1, 0.15) is 0 Å². The molecule has 2 rings (SSSR count). The van der Waals surface area contributed by atoms with Gasteiger partial charge in [-0.15, -0.1) is 0 Å². The van der Waals surface area contributed by atoms with Gasteiger partial charge in [-0.25, -0.2) is 0 Å². The number of amides is 1. The van der Waals surface area contributed by atoms with E-state index < -0.39 is 11.7 Å². The highest BCUT2D eigenvalue weighted by Gasteiger charge is 2.31. The minimum Gasteiger partial charge on any atom is -0.325 e. The highest BCUT2D eigenvalue weighted by atomic mass is 35.5. The summed E-state index contributed by atoms with van der Waals surface area (Å²) in [4.78, 5) is 14.2. The number of piperidine rings is 1. The summed E-state index contributed by atoms with van der Waals surface area (Å²) in [5.74, 6) is 0.286. The van der Waals surface area contributed by atoms with Crippen LogP contribution < -0.4 is 5.32 Å². The summed E-state index contributed by atoms with van der Waals surface area (Å²) >= 11 is 5.87. The SMILES string of the molecule is CC1CCCN(CCC(=O)Nc2cc(C(F)(F)F)ccc2Cl)C1. The Bertz CT molecular complexity index is 563. The van der Waals surface area contributed by atoms with Crippen LogP contribution in [0, 0.1) is 5.92 Å². The van der Waals surface area contributed by atoms with Crippen molar-refractivity contribution in [3.05, 3.63) is 28.8 Å². The Labute approximate surface area is 138 Å². The number of alkyl halides is 3. The van der Waals surface area contributed by atoms with Crippen LogP contribution in [0.1, 0.15) is 31.7 Å². The summed E-state index contributed by atoms with van der Waals surface area (Å²) in [5.41, 5.74) is -0.833. The monoisotopic (exact) mass is 348 g/mol. The molecule has 0 bridgehead atoms. The van der Waals surface area contributed by atoms with E-state index in [2.05, 4.69) is 17.1 Å². The highest BCUT2D eigenvalue weighted by Crippen LogP contribution is 2.33. The van der Waals surface area contributed by atoms with Crippen molar-refractivity contribution in [2.24, 2.45) is 5.92 Å². The van der Waals surface area contributed by atoms with Crippen molar-refractivity contribution in [2.45, 2.75) is 32.4 Å². The van der Waals surface area contributed by atoms with Gasteiger partial charge in [-0.3, -0.25) is 4.79 Å². The molecule has 0 saturated carbocycles. The molecule has 1 fully saturated rings. The van der Waals surface area contributed by atoms with Crippen LogP contribution in [-0.2, 0) is 11.0 Å². The van der Waals surface area contributed by atoms with Crippen molar-refractivity contribution in [3.63, 3.8) is 0 Å². The summed E-state index contributed by atoms with van der Waals surface area (Å²) in [7, 11) is 0. The number of carbonyl (C=O) groups excluding carboxylic acids is 1. The summed E-state index contributed by atoms with van der Waals surface area (Å²) in [6, 6.07) is 2.91. The summed E-state index contributed by atoms with van der Waals surface area (Å²) < 4.78 is 38.1. The Kier molecular flexibility index (Phi) is 5.92. The van der Waals surface area contributed by atoms with E-state index in [1.807, 2.05) is 0 Å². The van der Waals surface area contributed by atoms with E-state index >= 15 is 0 Å². The van der Waals surface area contributed by atoms with Gasteiger partial charge in [0.2, 0.25) is 5.91 Å². The number of hydrogen-bond acceptors (Lipinski definition) is 2. The first kappa shape index (κ1) is 18.1. The predicted molar refractivity (Wildman–Crippen MR) is 84.5 cm³/mol. The molecule has 3 nitrogen and oxygen atoms in total. The molecule has 128 valence electrons. The maximum absolute atomic E-state index is 12.7. The molecule has 0 aliphatic carbocycles. The first-order valence-corrected chi connectivity index (χ1v) is 8.02. The number of nitrogens with zero attached hydrogens (tertiary/aromatic N) is 1. The van der Waals surface area contributed by atoms with E-state index in [1.54, 1.807) is 0 Å². The fourth-order valence-corrected chi connectivity index (χ4v) is 2.92. The highest BCUT2D eigenvalue weighted by molar-refractivity contribution is 6.33. The Morgan fingerprint density at radius 3 is 2.83 bits per heavy atom. The lowest BCUT2D eigenvalue weighted by Gasteiger charge is -2.30. The second-order valence-corrected chi connectivity index (χ2v) is 6.45. The lowest BCUT2D eigenvalue weighted by atomic mass is 10.0. The van der Waals surface area contributed by atoms with Crippen LogP contribution in [0.3, 0.4) is 0 Å². The zero-order chi connectivity index (χ0) is 17.0.